The third-order valence-corrected chi connectivity index (χ3v) is 5.71. The number of halogens is 1. The van der Waals surface area contributed by atoms with E-state index < -0.39 is 0 Å². The van der Waals surface area contributed by atoms with Gasteiger partial charge in [-0.3, -0.25) is 14.5 Å². The summed E-state index contributed by atoms with van der Waals surface area (Å²) >= 11 is 6.34. The van der Waals surface area contributed by atoms with Crippen molar-refractivity contribution in [1.82, 2.24) is 9.80 Å². The van der Waals surface area contributed by atoms with E-state index in [2.05, 4.69) is 23.2 Å². The number of carbonyl (C=O) groups excluding carboxylic acids is 2. The smallest absolute Gasteiger partial charge is 0.262 e. The molecule has 146 valence electrons. The monoisotopic (exact) mass is 399 g/mol. The molecule has 0 radical (unpaired) electrons. The van der Waals surface area contributed by atoms with Crippen molar-refractivity contribution in [2.45, 2.75) is 13.0 Å². The molecule has 1 unspecified atom stereocenters. The van der Waals surface area contributed by atoms with Gasteiger partial charge in [-0.25, -0.2) is 0 Å². The Morgan fingerprint density at radius 3 is 2.64 bits per heavy atom. The first kappa shape index (κ1) is 18.8. The molecule has 0 aromatic heterocycles. The molecular formula is C21H22ClN3O3. The molecule has 2 aliphatic heterocycles. The molecule has 2 amide bonds. The maximum atomic E-state index is 12.9. The van der Waals surface area contributed by atoms with Crippen molar-refractivity contribution in [3.8, 4) is 5.75 Å². The van der Waals surface area contributed by atoms with Crippen molar-refractivity contribution in [2.75, 3.05) is 38.1 Å². The summed E-state index contributed by atoms with van der Waals surface area (Å²) in [5.41, 5.74) is 2.28. The van der Waals surface area contributed by atoms with Crippen LogP contribution in [0.15, 0.2) is 42.5 Å². The number of hydrogen-bond acceptors (Lipinski definition) is 4. The number of fused-ring (bicyclic) bond motifs is 1. The van der Waals surface area contributed by atoms with Crippen LogP contribution in [0.3, 0.4) is 0 Å². The molecule has 2 heterocycles. The quantitative estimate of drug-likeness (QED) is 0.861. The Hall–Kier alpha value is -2.57. The number of benzene rings is 2. The molecule has 6 nitrogen and oxygen atoms in total. The van der Waals surface area contributed by atoms with E-state index >= 15 is 0 Å². The van der Waals surface area contributed by atoms with E-state index in [1.807, 2.05) is 23.1 Å². The van der Waals surface area contributed by atoms with E-state index in [1.165, 1.54) is 0 Å². The molecular weight excluding hydrogens is 378 g/mol. The lowest BCUT2D eigenvalue weighted by Crippen LogP contribution is -2.49. The van der Waals surface area contributed by atoms with Gasteiger partial charge in [-0.05, 0) is 36.8 Å². The molecule has 2 aromatic carbocycles. The highest BCUT2D eigenvalue weighted by Crippen LogP contribution is 2.30. The van der Waals surface area contributed by atoms with Crippen molar-refractivity contribution in [2.24, 2.45) is 0 Å². The zero-order chi connectivity index (χ0) is 19.7. The number of hydrogen-bond donors (Lipinski definition) is 1. The Balaban J connectivity index is 1.40. The first-order valence-corrected chi connectivity index (χ1v) is 9.75. The second kappa shape index (κ2) is 7.81. The molecule has 1 atom stereocenters. The van der Waals surface area contributed by atoms with Crippen LogP contribution in [0.5, 0.6) is 5.75 Å². The van der Waals surface area contributed by atoms with Gasteiger partial charge in [-0.2, -0.15) is 0 Å². The first-order valence-electron chi connectivity index (χ1n) is 9.37. The van der Waals surface area contributed by atoms with E-state index in [4.69, 9.17) is 16.3 Å². The number of amides is 2. The van der Waals surface area contributed by atoms with Crippen LogP contribution in [0.2, 0.25) is 5.02 Å². The van der Waals surface area contributed by atoms with Crippen LogP contribution < -0.4 is 10.1 Å². The minimum atomic E-state index is -0.185. The molecule has 28 heavy (non-hydrogen) atoms. The second-order valence-electron chi connectivity index (χ2n) is 7.07. The number of carbonyl (C=O) groups is 2. The normalized spacial score (nSPS) is 18.1. The van der Waals surface area contributed by atoms with Crippen molar-refractivity contribution in [3.05, 3.63) is 58.6 Å². The summed E-state index contributed by atoms with van der Waals surface area (Å²) in [6, 6.07) is 13.2. The summed E-state index contributed by atoms with van der Waals surface area (Å²) in [5.74, 6) is 0.333. The van der Waals surface area contributed by atoms with Crippen LogP contribution in [0.1, 0.15) is 28.9 Å². The summed E-state index contributed by atoms with van der Waals surface area (Å²) < 4.78 is 5.42. The molecule has 4 rings (SSSR count). The lowest BCUT2D eigenvalue weighted by Gasteiger charge is -2.38. The molecule has 2 aromatic rings. The highest BCUT2D eigenvalue weighted by molar-refractivity contribution is 6.31. The second-order valence-corrected chi connectivity index (χ2v) is 7.48. The Bertz CT molecular complexity index is 910. The third kappa shape index (κ3) is 3.70. The minimum absolute atomic E-state index is 0.0200. The molecule has 1 saturated heterocycles. The molecule has 0 bridgehead atoms. The van der Waals surface area contributed by atoms with Gasteiger partial charge >= 0.3 is 0 Å². The molecule has 2 aliphatic rings. The van der Waals surface area contributed by atoms with Crippen molar-refractivity contribution >= 4 is 29.1 Å². The SMILES string of the molecule is CC(c1ccccc1Cl)N1CCN(C(=O)c2ccc3c(c2)OCC(=O)N3)CC1. The number of ether oxygens (including phenoxy) is 1. The van der Waals surface area contributed by atoms with Crippen molar-refractivity contribution in [1.29, 1.82) is 0 Å². The molecule has 0 saturated carbocycles. The topological polar surface area (TPSA) is 61.9 Å². The lowest BCUT2D eigenvalue weighted by molar-refractivity contribution is -0.118. The molecule has 1 fully saturated rings. The average Bonchev–Trinajstić information content (AvgIpc) is 2.73. The number of rotatable bonds is 3. The van der Waals surface area contributed by atoms with Gasteiger partial charge in [-0.1, -0.05) is 29.8 Å². The maximum Gasteiger partial charge on any atom is 0.262 e. The van der Waals surface area contributed by atoms with Gasteiger partial charge in [0.2, 0.25) is 0 Å². The van der Waals surface area contributed by atoms with E-state index in [-0.39, 0.29) is 24.5 Å². The van der Waals surface area contributed by atoms with Crippen molar-refractivity contribution in [3.63, 3.8) is 0 Å². The van der Waals surface area contributed by atoms with Crippen LogP contribution in [0.25, 0.3) is 0 Å². The number of piperazine rings is 1. The van der Waals surface area contributed by atoms with E-state index in [0.717, 1.165) is 23.7 Å². The number of nitrogens with one attached hydrogen (secondary N) is 1. The summed E-state index contributed by atoms with van der Waals surface area (Å²) in [7, 11) is 0. The van der Waals surface area contributed by atoms with Crippen LogP contribution in [0, 0.1) is 0 Å². The summed E-state index contributed by atoms with van der Waals surface area (Å²) in [6.45, 7) is 5.01. The average molecular weight is 400 g/mol. The fourth-order valence-electron chi connectivity index (χ4n) is 3.71. The zero-order valence-electron chi connectivity index (χ0n) is 15.7. The number of anilines is 1. The van der Waals surface area contributed by atoms with Gasteiger partial charge < -0.3 is 15.0 Å². The Morgan fingerprint density at radius 2 is 1.89 bits per heavy atom. The molecule has 7 heteroatoms. The summed E-state index contributed by atoms with van der Waals surface area (Å²) in [6.07, 6.45) is 0. The first-order chi connectivity index (χ1) is 13.5. The summed E-state index contributed by atoms with van der Waals surface area (Å²) in [5, 5.41) is 3.51. The fourth-order valence-corrected chi connectivity index (χ4v) is 4.01. The van der Waals surface area contributed by atoms with Gasteiger partial charge in [-0.15, -0.1) is 0 Å². The fraction of sp³-hybridized carbons (Fsp3) is 0.333. The van der Waals surface area contributed by atoms with Gasteiger partial charge in [0.25, 0.3) is 11.8 Å². The maximum absolute atomic E-state index is 12.9. The van der Waals surface area contributed by atoms with Gasteiger partial charge in [0.1, 0.15) is 5.75 Å². The Morgan fingerprint density at radius 1 is 1.14 bits per heavy atom. The minimum Gasteiger partial charge on any atom is -0.482 e. The van der Waals surface area contributed by atoms with E-state index in [1.54, 1.807) is 18.2 Å². The predicted molar refractivity (Wildman–Crippen MR) is 108 cm³/mol. The molecule has 0 spiro atoms. The Kier molecular flexibility index (Phi) is 5.24. The summed E-state index contributed by atoms with van der Waals surface area (Å²) in [4.78, 5) is 28.5. The van der Waals surface area contributed by atoms with Crippen LogP contribution in [-0.2, 0) is 4.79 Å². The number of nitrogens with zero attached hydrogens (tertiary/aromatic N) is 2. The highest BCUT2D eigenvalue weighted by atomic mass is 35.5. The Labute approximate surface area is 169 Å². The van der Waals surface area contributed by atoms with Crippen LogP contribution in [-0.4, -0.2) is 54.4 Å². The van der Waals surface area contributed by atoms with Crippen LogP contribution in [0.4, 0.5) is 5.69 Å². The van der Waals surface area contributed by atoms with E-state index in [0.29, 0.717) is 30.1 Å². The van der Waals surface area contributed by atoms with Gasteiger partial charge in [0, 0.05) is 42.8 Å². The molecule has 1 N–H and O–H groups in total. The molecule has 0 aliphatic carbocycles. The largest absolute Gasteiger partial charge is 0.482 e. The lowest BCUT2D eigenvalue weighted by atomic mass is 10.1. The van der Waals surface area contributed by atoms with E-state index in [9.17, 15) is 9.59 Å². The third-order valence-electron chi connectivity index (χ3n) is 5.37. The van der Waals surface area contributed by atoms with Crippen molar-refractivity contribution < 1.29 is 14.3 Å². The van der Waals surface area contributed by atoms with Crippen LogP contribution >= 0.6 is 11.6 Å². The zero-order valence-corrected chi connectivity index (χ0v) is 16.4. The standard InChI is InChI=1S/C21H22ClN3O3/c1-14(16-4-2-3-5-17(16)22)24-8-10-25(11-9-24)21(27)15-6-7-18-19(12-15)28-13-20(26)23-18/h2-7,12,14H,8-11,13H2,1H3,(H,23,26). The predicted octanol–water partition coefficient (Wildman–Crippen LogP) is 3.19. The van der Waals surface area contributed by atoms with Gasteiger partial charge in [0.05, 0.1) is 5.69 Å². The highest BCUT2D eigenvalue weighted by Gasteiger charge is 2.27. The van der Waals surface area contributed by atoms with Gasteiger partial charge in [0.15, 0.2) is 6.61 Å².